The van der Waals surface area contributed by atoms with E-state index in [4.69, 9.17) is 0 Å². The zero-order valence-electron chi connectivity index (χ0n) is 15.2. The lowest BCUT2D eigenvalue weighted by Crippen LogP contribution is -2.49. The second-order valence-electron chi connectivity index (χ2n) is 6.94. The summed E-state index contributed by atoms with van der Waals surface area (Å²) in [7, 11) is -1.85. The van der Waals surface area contributed by atoms with E-state index in [1.807, 2.05) is 17.9 Å². The van der Waals surface area contributed by atoms with Gasteiger partial charge in [0, 0.05) is 37.4 Å². The molecule has 1 fully saturated rings. The molecule has 0 aliphatic carbocycles. The standard InChI is InChI=1S/C18H21N5O3S/c1-12-10-15(20-22(12)2)18(24)19-13-6-5-9-23(11-13)17-14-7-3-4-8-16(14)27(25,26)21-17/h3-4,7-8,10,13H,5-6,9,11H2,1-2H3,(H,19,24). The number of piperidine rings is 1. The van der Waals surface area contributed by atoms with Crippen molar-refractivity contribution < 1.29 is 13.2 Å². The van der Waals surface area contributed by atoms with Gasteiger partial charge in [0.25, 0.3) is 15.9 Å². The molecule has 1 unspecified atom stereocenters. The minimum absolute atomic E-state index is 0.0910. The van der Waals surface area contributed by atoms with Crippen molar-refractivity contribution in [3.05, 3.63) is 47.3 Å². The Morgan fingerprint density at radius 3 is 2.81 bits per heavy atom. The lowest BCUT2D eigenvalue weighted by molar-refractivity contribution is 0.0914. The summed E-state index contributed by atoms with van der Waals surface area (Å²) in [5, 5.41) is 7.22. The molecule has 9 heteroatoms. The number of aromatic nitrogens is 2. The average Bonchev–Trinajstić information content (AvgIpc) is 3.12. The van der Waals surface area contributed by atoms with Crippen LogP contribution in [0.2, 0.25) is 0 Å². The van der Waals surface area contributed by atoms with Gasteiger partial charge in [0.15, 0.2) is 5.84 Å². The first-order chi connectivity index (χ1) is 12.8. The zero-order valence-corrected chi connectivity index (χ0v) is 16.0. The molecule has 0 saturated carbocycles. The minimum Gasteiger partial charge on any atom is -0.353 e. The Hall–Kier alpha value is -2.68. The highest BCUT2D eigenvalue weighted by atomic mass is 32.2. The maximum absolute atomic E-state index is 12.5. The van der Waals surface area contributed by atoms with Crippen molar-refractivity contribution in [3.63, 3.8) is 0 Å². The van der Waals surface area contributed by atoms with Gasteiger partial charge in [0.1, 0.15) is 10.6 Å². The number of nitrogens with one attached hydrogen (secondary N) is 1. The van der Waals surface area contributed by atoms with Gasteiger partial charge >= 0.3 is 0 Å². The molecule has 4 rings (SSSR count). The van der Waals surface area contributed by atoms with Gasteiger partial charge in [0.2, 0.25) is 0 Å². The number of amides is 1. The van der Waals surface area contributed by atoms with Crippen LogP contribution in [0.3, 0.4) is 0 Å². The van der Waals surface area contributed by atoms with Crippen LogP contribution in [0.4, 0.5) is 0 Å². The van der Waals surface area contributed by atoms with Crippen LogP contribution in [0.25, 0.3) is 0 Å². The second kappa shape index (κ2) is 6.49. The molecule has 27 heavy (non-hydrogen) atoms. The summed E-state index contributed by atoms with van der Waals surface area (Å²) < 4.78 is 30.2. The maximum Gasteiger partial charge on any atom is 0.285 e. The SMILES string of the molecule is Cc1cc(C(=O)NC2CCCN(C3=NS(=O)(=O)c4ccccc43)C2)nn1C. The van der Waals surface area contributed by atoms with Crippen molar-refractivity contribution in [2.75, 3.05) is 13.1 Å². The van der Waals surface area contributed by atoms with Crippen LogP contribution in [0.5, 0.6) is 0 Å². The lowest BCUT2D eigenvalue weighted by Gasteiger charge is -2.34. The van der Waals surface area contributed by atoms with Crippen molar-refractivity contribution in [3.8, 4) is 0 Å². The number of hydrogen-bond donors (Lipinski definition) is 1. The summed E-state index contributed by atoms with van der Waals surface area (Å²) >= 11 is 0. The summed E-state index contributed by atoms with van der Waals surface area (Å²) in [5.41, 5.74) is 1.93. The van der Waals surface area contributed by atoms with Crippen LogP contribution in [-0.4, -0.2) is 54.0 Å². The first-order valence-electron chi connectivity index (χ1n) is 8.86. The van der Waals surface area contributed by atoms with E-state index >= 15 is 0 Å². The predicted molar refractivity (Wildman–Crippen MR) is 100 cm³/mol. The van der Waals surface area contributed by atoms with Gasteiger partial charge < -0.3 is 10.2 Å². The highest BCUT2D eigenvalue weighted by molar-refractivity contribution is 7.90. The van der Waals surface area contributed by atoms with Crippen LogP contribution in [0.15, 0.2) is 39.6 Å². The third-order valence-corrected chi connectivity index (χ3v) is 6.34. The van der Waals surface area contributed by atoms with E-state index in [-0.39, 0.29) is 16.8 Å². The van der Waals surface area contributed by atoms with Gasteiger partial charge in [-0.15, -0.1) is 4.40 Å². The van der Waals surface area contributed by atoms with E-state index < -0.39 is 10.0 Å². The smallest absolute Gasteiger partial charge is 0.285 e. The molecular formula is C18H21N5O3S. The lowest BCUT2D eigenvalue weighted by atomic mass is 10.0. The van der Waals surface area contributed by atoms with Gasteiger partial charge in [-0.2, -0.15) is 13.5 Å². The first-order valence-corrected chi connectivity index (χ1v) is 10.3. The Labute approximate surface area is 157 Å². The normalized spacial score (nSPS) is 20.9. The monoisotopic (exact) mass is 387 g/mol. The highest BCUT2D eigenvalue weighted by Crippen LogP contribution is 2.28. The highest BCUT2D eigenvalue weighted by Gasteiger charge is 2.34. The number of carbonyl (C=O) groups excluding carboxylic acids is 1. The number of benzene rings is 1. The van der Waals surface area contributed by atoms with Crippen LogP contribution < -0.4 is 5.32 Å². The van der Waals surface area contributed by atoms with Crippen LogP contribution in [0, 0.1) is 6.92 Å². The van der Waals surface area contributed by atoms with Gasteiger partial charge in [-0.25, -0.2) is 0 Å². The summed E-state index contributed by atoms with van der Waals surface area (Å²) in [6, 6.07) is 8.52. The van der Waals surface area contributed by atoms with Gasteiger partial charge in [-0.05, 0) is 38.0 Å². The predicted octanol–water partition coefficient (Wildman–Crippen LogP) is 1.07. The molecule has 142 valence electrons. The number of nitrogens with zero attached hydrogens (tertiary/aromatic N) is 4. The van der Waals surface area contributed by atoms with Gasteiger partial charge in [-0.3, -0.25) is 9.48 Å². The fourth-order valence-corrected chi connectivity index (χ4v) is 4.76. The molecule has 2 aromatic rings. The molecule has 0 spiro atoms. The van der Waals surface area contributed by atoms with Crippen LogP contribution in [-0.2, 0) is 17.1 Å². The fourth-order valence-electron chi connectivity index (χ4n) is 3.53. The minimum atomic E-state index is -3.64. The number of hydrogen-bond acceptors (Lipinski definition) is 5. The Morgan fingerprint density at radius 2 is 2.07 bits per heavy atom. The molecule has 3 heterocycles. The summed E-state index contributed by atoms with van der Waals surface area (Å²) in [6.45, 7) is 3.11. The van der Waals surface area contributed by atoms with E-state index in [0.717, 1.165) is 18.5 Å². The van der Waals surface area contributed by atoms with E-state index in [9.17, 15) is 13.2 Å². The third kappa shape index (κ3) is 3.23. The van der Waals surface area contributed by atoms with E-state index in [1.54, 1.807) is 36.0 Å². The van der Waals surface area contributed by atoms with E-state index in [0.29, 0.717) is 30.2 Å². The molecule has 1 amide bonds. The Bertz CT molecular complexity index is 1020. The fraction of sp³-hybridized carbons (Fsp3) is 0.389. The maximum atomic E-state index is 12.5. The number of aryl methyl sites for hydroxylation is 2. The van der Waals surface area contributed by atoms with Crippen molar-refractivity contribution in [2.45, 2.75) is 30.7 Å². The van der Waals surface area contributed by atoms with Crippen LogP contribution >= 0.6 is 0 Å². The van der Waals surface area contributed by atoms with Crippen molar-refractivity contribution in [2.24, 2.45) is 11.4 Å². The summed E-state index contributed by atoms with van der Waals surface area (Å²) in [5.74, 6) is 0.255. The quantitative estimate of drug-likeness (QED) is 0.832. The van der Waals surface area contributed by atoms with Crippen molar-refractivity contribution in [1.29, 1.82) is 0 Å². The molecule has 0 radical (unpaired) electrons. The molecule has 2 aliphatic rings. The topological polar surface area (TPSA) is 96.7 Å². The van der Waals surface area contributed by atoms with Crippen molar-refractivity contribution in [1.82, 2.24) is 20.0 Å². The molecule has 1 N–H and O–H groups in total. The summed E-state index contributed by atoms with van der Waals surface area (Å²) in [6.07, 6.45) is 1.67. The Morgan fingerprint density at radius 1 is 1.30 bits per heavy atom. The molecule has 1 atom stereocenters. The van der Waals surface area contributed by atoms with E-state index in [1.165, 1.54) is 0 Å². The number of likely N-dealkylation sites (tertiary alicyclic amines) is 1. The second-order valence-corrected chi connectivity index (χ2v) is 8.51. The molecule has 1 aromatic heterocycles. The van der Waals surface area contributed by atoms with Gasteiger partial charge in [0.05, 0.1) is 0 Å². The molecule has 1 saturated heterocycles. The largest absolute Gasteiger partial charge is 0.353 e. The Balaban J connectivity index is 1.51. The molecule has 8 nitrogen and oxygen atoms in total. The number of carbonyl (C=O) groups is 1. The van der Waals surface area contributed by atoms with Gasteiger partial charge in [-0.1, -0.05) is 12.1 Å². The number of fused-ring (bicyclic) bond motifs is 1. The zero-order chi connectivity index (χ0) is 19.2. The first kappa shape index (κ1) is 17.7. The number of sulfonamides is 1. The summed E-state index contributed by atoms with van der Waals surface area (Å²) in [4.78, 5) is 14.7. The average molecular weight is 387 g/mol. The van der Waals surface area contributed by atoms with E-state index in [2.05, 4.69) is 14.8 Å². The molecular weight excluding hydrogens is 366 g/mol. The molecule has 0 bridgehead atoms. The molecule has 1 aromatic carbocycles. The molecule has 2 aliphatic heterocycles. The van der Waals surface area contributed by atoms with Crippen LogP contribution in [0.1, 0.15) is 34.6 Å². The number of rotatable bonds is 2. The third-order valence-electron chi connectivity index (χ3n) is 5.02. The Kier molecular flexibility index (Phi) is 4.26. The van der Waals surface area contributed by atoms with Crippen molar-refractivity contribution >= 4 is 21.8 Å². The number of amidine groups is 1.